The molecule has 7 nitrogen and oxygen atoms in total. The summed E-state index contributed by atoms with van der Waals surface area (Å²) < 4.78 is 30.8. The normalized spacial score (nSPS) is 25.7. The minimum atomic E-state index is -3.91. The van der Waals surface area contributed by atoms with Crippen molar-refractivity contribution in [1.29, 1.82) is 5.26 Å². The lowest BCUT2D eigenvalue weighted by Gasteiger charge is -2.36. The molecule has 2 aromatic carbocycles. The maximum Gasteiger partial charge on any atom is 0.331 e. The summed E-state index contributed by atoms with van der Waals surface area (Å²) in [7, 11) is -3.91. The Morgan fingerprint density at radius 2 is 1.70 bits per heavy atom. The van der Waals surface area contributed by atoms with Gasteiger partial charge in [-0.2, -0.15) is 5.26 Å². The standard InChI is InChI=1S/C25H22N2O5S/c1-25(15-9-4-10-16-26)23(27-20(28)17-21(27)33(25,30)31)24(29)32-22(18-11-5-2-6-12-18)19-13-7-3-8-14-19/h2-15,21-23H,17H2,1H3/t21-,23+,25+/m1/s1. The number of β-lactam (4-membered cyclic amide) rings is 1. The number of nitriles is 1. The van der Waals surface area contributed by atoms with Crippen LogP contribution < -0.4 is 0 Å². The molecule has 2 aliphatic heterocycles. The third-order valence-corrected chi connectivity index (χ3v) is 8.81. The molecule has 8 heteroatoms. The predicted octanol–water partition coefficient (Wildman–Crippen LogP) is 3.07. The number of fused-ring (bicyclic) bond motifs is 1. The molecule has 0 unspecified atom stereocenters. The number of ether oxygens (including phenoxy) is 1. The van der Waals surface area contributed by atoms with E-state index < -0.39 is 44.0 Å². The van der Waals surface area contributed by atoms with Gasteiger partial charge in [0.15, 0.2) is 22.0 Å². The Hall–Kier alpha value is -3.70. The van der Waals surface area contributed by atoms with Crippen molar-refractivity contribution >= 4 is 21.7 Å². The van der Waals surface area contributed by atoms with E-state index in [1.54, 1.807) is 0 Å². The number of carbonyl (C=O) groups excluding carboxylic acids is 2. The quantitative estimate of drug-likeness (QED) is 0.283. The minimum absolute atomic E-state index is 0.162. The van der Waals surface area contributed by atoms with Crippen molar-refractivity contribution in [2.45, 2.75) is 35.6 Å². The Balaban J connectivity index is 1.74. The Bertz CT molecular complexity index is 1230. The molecule has 0 N–H and O–H groups in total. The summed E-state index contributed by atoms with van der Waals surface area (Å²) in [5, 5.41) is 7.63. The number of rotatable bonds is 6. The second-order valence-electron chi connectivity index (χ2n) is 8.08. The largest absolute Gasteiger partial charge is 0.451 e. The number of carbonyl (C=O) groups is 2. The van der Waals surface area contributed by atoms with Crippen LogP contribution in [0.25, 0.3) is 0 Å². The molecule has 0 saturated carbocycles. The van der Waals surface area contributed by atoms with Crippen LogP contribution in [0.4, 0.5) is 0 Å². The predicted molar refractivity (Wildman–Crippen MR) is 121 cm³/mol. The molecule has 2 saturated heterocycles. The van der Waals surface area contributed by atoms with Crippen molar-refractivity contribution in [2.75, 3.05) is 0 Å². The van der Waals surface area contributed by atoms with Crippen LogP contribution in [0.5, 0.6) is 0 Å². The Morgan fingerprint density at radius 3 is 2.21 bits per heavy atom. The van der Waals surface area contributed by atoms with Crippen LogP contribution in [0.15, 0.2) is 85.0 Å². The molecule has 0 radical (unpaired) electrons. The lowest BCUT2D eigenvalue weighted by atomic mass is 9.95. The van der Waals surface area contributed by atoms with E-state index >= 15 is 0 Å². The molecule has 0 bridgehead atoms. The molecule has 2 aliphatic rings. The average Bonchev–Trinajstić information content (AvgIpc) is 2.96. The molecule has 1 amide bonds. The number of allylic oxidation sites excluding steroid dienone is 3. The second kappa shape index (κ2) is 8.68. The van der Waals surface area contributed by atoms with Crippen molar-refractivity contribution in [1.82, 2.24) is 4.90 Å². The van der Waals surface area contributed by atoms with Crippen molar-refractivity contribution < 1.29 is 22.7 Å². The molecular weight excluding hydrogens is 440 g/mol. The molecule has 2 aromatic rings. The topological polar surface area (TPSA) is 105 Å². The number of esters is 1. The SMILES string of the molecule is C[C@]1(C=CC=CC#N)[C@H](C(=O)OC(c2ccccc2)c2ccccc2)N2C(=O)C[C@H]2S1(=O)=O. The van der Waals surface area contributed by atoms with Gasteiger partial charge in [0.1, 0.15) is 10.1 Å². The van der Waals surface area contributed by atoms with E-state index in [0.717, 1.165) is 16.0 Å². The molecule has 4 rings (SSSR count). The number of benzene rings is 2. The molecule has 0 aromatic heterocycles. The number of hydrogen-bond donors (Lipinski definition) is 0. The van der Waals surface area contributed by atoms with Gasteiger partial charge in [0.2, 0.25) is 5.91 Å². The molecule has 0 aliphatic carbocycles. The molecular formula is C25H22N2O5S. The highest BCUT2D eigenvalue weighted by atomic mass is 32.2. The fourth-order valence-electron chi connectivity index (χ4n) is 4.34. The van der Waals surface area contributed by atoms with Gasteiger partial charge in [-0.15, -0.1) is 0 Å². The highest BCUT2D eigenvalue weighted by Gasteiger charge is 2.69. The van der Waals surface area contributed by atoms with Gasteiger partial charge in [-0.3, -0.25) is 4.79 Å². The average molecular weight is 463 g/mol. The third-order valence-electron chi connectivity index (χ3n) is 6.11. The van der Waals surface area contributed by atoms with Crippen LogP contribution in [0.2, 0.25) is 0 Å². The Labute approximate surface area is 192 Å². The Morgan fingerprint density at radius 1 is 1.12 bits per heavy atom. The van der Waals surface area contributed by atoms with Gasteiger partial charge < -0.3 is 9.64 Å². The summed E-state index contributed by atoms with van der Waals surface area (Å²) in [6, 6.07) is 18.7. The summed E-state index contributed by atoms with van der Waals surface area (Å²) in [4.78, 5) is 27.0. The van der Waals surface area contributed by atoms with E-state index in [-0.39, 0.29) is 6.42 Å². The van der Waals surface area contributed by atoms with E-state index in [1.807, 2.05) is 66.7 Å². The first-order valence-corrected chi connectivity index (χ1v) is 11.9. The first-order valence-electron chi connectivity index (χ1n) is 10.4. The van der Waals surface area contributed by atoms with Crippen molar-refractivity contribution in [3.8, 4) is 6.07 Å². The van der Waals surface area contributed by atoms with Crippen molar-refractivity contribution in [2.24, 2.45) is 0 Å². The van der Waals surface area contributed by atoms with Gasteiger partial charge in [-0.25, -0.2) is 13.2 Å². The van der Waals surface area contributed by atoms with E-state index in [1.165, 1.54) is 31.2 Å². The van der Waals surface area contributed by atoms with E-state index in [2.05, 4.69) is 0 Å². The van der Waals surface area contributed by atoms with Gasteiger partial charge in [-0.05, 0) is 18.1 Å². The molecule has 2 fully saturated rings. The summed E-state index contributed by atoms with van der Waals surface area (Å²) in [5.74, 6) is -1.21. The Kier molecular flexibility index (Phi) is 5.91. The van der Waals surface area contributed by atoms with E-state index in [9.17, 15) is 18.0 Å². The molecule has 3 atom stereocenters. The van der Waals surface area contributed by atoms with Crippen LogP contribution in [0.1, 0.15) is 30.6 Å². The molecule has 2 heterocycles. The summed E-state index contributed by atoms with van der Waals surface area (Å²) >= 11 is 0. The first kappa shape index (κ1) is 22.5. The van der Waals surface area contributed by atoms with Gasteiger partial charge in [0, 0.05) is 6.08 Å². The number of hydrogen-bond acceptors (Lipinski definition) is 6. The zero-order chi connectivity index (χ0) is 23.6. The summed E-state index contributed by atoms with van der Waals surface area (Å²) in [6.07, 6.45) is 4.40. The maximum atomic E-state index is 13.5. The molecule has 0 spiro atoms. The van der Waals surface area contributed by atoms with E-state index in [4.69, 9.17) is 10.00 Å². The van der Waals surface area contributed by atoms with Crippen LogP contribution >= 0.6 is 0 Å². The monoisotopic (exact) mass is 462 g/mol. The molecule has 168 valence electrons. The number of amides is 1. The number of sulfone groups is 1. The van der Waals surface area contributed by atoms with Crippen molar-refractivity contribution in [3.63, 3.8) is 0 Å². The fraction of sp³-hybridized carbons (Fsp3) is 0.240. The van der Waals surface area contributed by atoms with Gasteiger partial charge in [0.05, 0.1) is 12.5 Å². The van der Waals surface area contributed by atoms with Crippen LogP contribution in [0, 0.1) is 11.3 Å². The third kappa shape index (κ3) is 3.74. The zero-order valence-electron chi connectivity index (χ0n) is 17.9. The van der Waals surface area contributed by atoms with Gasteiger partial charge >= 0.3 is 5.97 Å². The van der Waals surface area contributed by atoms with Crippen LogP contribution in [0.3, 0.4) is 0 Å². The van der Waals surface area contributed by atoms with Gasteiger partial charge in [-0.1, -0.05) is 78.9 Å². The van der Waals surface area contributed by atoms with Gasteiger partial charge in [0.25, 0.3) is 0 Å². The smallest absolute Gasteiger partial charge is 0.331 e. The lowest BCUT2D eigenvalue weighted by molar-refractivity contribution is -0.163. The minimum Gasteiger partial charge on any atom is -0.451 e. The maximum absolute atomic E-state index is 13.5. The fourth-order valence-corrected chi connectivity index (χ4v) is 6.61. The highest BCUT2D eigenvalue weighted by molar-refractivity contribution is 7.94. The lowest BCUT2D eigenvalue weighted by Crippen LogP contribution is -2.57. The van der Waals surface area contributed by atoms with Crippen molar-refractivity contribution in [3.05, 3.63) is 96.1 Å². The highest BCUT2D eigenvalue weighted by Crippen LogP contribution is 2.47. The summed E-state index contributed by atoms with van der Waals surface area (Å²) in [5.41, 5.74) is 1.44. The zero-order valence-corrected chi connectivity index (χ0v) is 18.7. The van der Waals surface area contributed by atoms with E-state index in [0.29, 0.717) is 0 Å². The first-order chi connectivity index (χ1) is 15.8. The van der Waals surface area contributed by atoms with Crippen LogP contribution in [-0.2, 0) is 24.2 Å². The van der Waals surface area contributed by atoms with Crippen LogP contribution in [-0.4, -0.2) is 41.4 Å². The molecule has 33 heavy (non-hydrogen) atoms. The second-order valence-corrected chi connectivity index (χ2v) is 10.6. The number of nitrogens with zero attached hydrogens (tertiary/aromatic N) is 2. The summed E-state index contributed by atoms with van der Waals surface area (Å²) in [6.45, 7) is 1.41.